The Morgan fingerprint density at radius 3 is 2.84 bits per heavy atom. The highest BCUT2D eigenvalue weighted by molar-refractivity contribution is 6.31. The van der Waals surface area contributed by atoms with Crippen molar-refractivity contribution in [2.24, 2.45) is 7.05 Å². The van der Waals surface area contributed by atoms with Crippen LogP contribution < -0.4 is 0 Å². The fourth-order valence-corrected chi connectivity index (χ4v) is 3.68. The standard InChI is InChI=1S/C19H26ClN3O2/c1-3-25-15-9-11-23(12-10-15)19(24)6-4-5-18-21-16-13-14(20)7-8-17(16)22(18)2/h7-8,13,15H,3-6,9-12H2,1-2H3. The van der Waals surface area contributed by atoms with Crippen molar-refractivity contribution in [2.75, 3.05) is 19.7 Å². The van der Waals surface area contributed by atoms with Gasteiger partial charge >= 0.3 is 0 Å². The number of carbonyl (C=O) groups is 1. The largest absolute Gasteiger partial charge is 0.378 e. The first-order valence-electron chi connectivity index (χ1n) is 9.08. The minimum absolute atomic E-state index is 0.247. The average Bonchev–Trinajstić information content (AvgIpc) is 2.91. The van der Waals surface area contributed by atoms with Crippen LogP contribution in [-0.2, 0) is 23.0 Å². The van der Waals surface area contributed by atoms with E-state index in [1.165, 1.54) is 0 Å². The van der Waals surface area contributed by atoms with Crippen LogP contribution in [0.5, 0.6) is 0 Å². The Bertz CT molecular complexity index is 736. The van der Waals surface area contributed by atoms with E-state index in [0.717, 1.165) is 62.2 Å². The average molecular weight is 364 g/mol. The van der Waals surface area contributed by atoms with Crippen molar-refractivity contribution in [3.05, 3.63) is 29.0 Å². The monoisotopic (exact) mass is 363 g/mol. The predicted octanol–water partition coefficient (Wildman–Crippen LogP) is 3.58. The summed E-state index contributed by atoms with van der Waals surface area (Å²) in [6.45, 7) is 4.40. The van der Waals surface area contributed by atoms with Crippen molar-refractivity contribution in [1.29, 1.82) is 0 Å². The van der Waals surface area contributed by atoms with Gasteiger partial charge in [-0.2, -0.15) is 0 Å². The van der Waals surface area contributed by atoms with Gasteiger partial charge in [0.2, 0.25) is 5.91 Å². The molecule has 1 amide bonds. The zero-order chi connectivity index (χ0) is 17.8. The fraction of sp³-hybridized carbons (Fsp3) is 0.579. The Labute approximate surface area is 153 Å². The van der Waals surface area contributed by atoms with Gasteiger partial charge in [-0.1, -0.05) is 11.6 Å². The summed E-state index contributed by atoms with van der Waals surface area (Å²) in [5.74, 6) is 1.25. The van der Waals surface area contributed by atoms with Crippen molar-refractivity contribution < 1.29 is 9.53 Å². The van der Waals surface area contributed by atoms with Crippen molar-refractivity contribution >= 4 is 28.5 Å². The molecule has 25 heavy (non-hydrogen) atoms. The number of likely N-dealkylation sites (tertiary alicyclic amines) is 1. The molecule has 1 aliphatic heterocycles. The smallest absolute Gasteiger partial charge is 0.222 e. The Morgan fingerprint density at radius 2 is 2.12 bits per heavy atom. The Morgan fingerprint density at radius 1 is 1.36 bits per heavy atom. The number of aryl methyl sites for hydroxylation is 2. The molecular formula is C19H26ClN3O2. The maximum Gasteiger partial charge on any atom is 0.222 e. The minimum atomic E-state index is 0.247. The van der Waals surface area contributed by atoms with Gasteiger partial charge in [-0.3, -0.25) is 4.79 Å². The third-order valence-corrected chi connectivity index (χ3v) is 5.16. The second kappa shape index (κ2) is 8.19. The molecule has 0 N–H and O–H groups in total. The Balaban J connectivity index is 1.50. The maximum absolute atomic E-state index is 12.4. The summed E-state index contributed by atoms with van der Waals surface area (Å²) in [6, 6.07) is 5.75. The first kappa shape index (κ1) is 18.2. The number of aromatic nitrogens is 2. The normalized spacial score (nSPS) is 15.9. The molecule has 136 valence electrons. The van der Waals surface area contributed by atoms with Crippen LogP contribution in [0, 0.1) is 0 Å². The maximum atomic E-state index is 12.4. The number of fused-ring (bicyclic) bond motifs is 1. The molecule has 3 rings (SSSR count). The number of carbonyl (C=O) groups excluding carboxylic acids is 1. The number of nitrogens with zero attached hydrogens (tertiary/aromatic N) is 3. The number of piperidine rings is 1. The van der Waals surface area contributed by atoms with E-state index in [2.05, 4.69) is 9.55 Å². The number of imidazole rings is 1. The molecule has 2 aromatic rings. The molecule has 6 heteroatoms. The second-order valence-electron chi connectivity index (χ2n) is 6.61. The first-order valence-corrected chi connectivity index (χ1v) is 9.46. The van der Waals surface area contributed by atoms with E-state index < -0.39 is 0 Å². The zero-order valence-corrected chi connectivity index (χ0v) is 15.8. The van der Waals surface area contributed by atoms with Crippen LogP contribution in [0.4, 0.5) is 0 Å². The Kier molecular flexibility index (Phi) is 5.97. The molecule has 0 radical (unpaired) electrons. The molecule has 0 saturated carbocycles. The fourth-order valence-electron chi connectivity index (χ4n) is 3.51. The van der Waals surface area contributed by atoms with Gasteiger partial charge in [-0.05, 0) is 44.4 Å². The number of ether oxygens (including phenoxy) is 1. The van der Waals surface area contributed by atoms with Crippen LogP contribution in [0.1, 0.15) is 38.4 Å². The quantitative estimate of drug-likeness (QED) is 0.788. The van der Waals surface area contributed by atoms with Crippen molar-refractivity contribution in [2.45, 2.75) is 45.1 Å². The molecule has 1 saturated heterocycles. The molecule has 0 unspecified atom stereocenters. The lowest BCUT2D eigenvalue weighted by atomic mass is 10.1. The SMILES string of the molecule is CCOC1CCN(C(=O)CCCc2nc3cc(Cl)ccc3n2C)CC1. The predicted molar refractivity (Wildman–Crippen MR) is 99.9 cm³/mol. The minimum Gasteiger partial charge on any atom is -0.378 e. The van der Waals surface area contributed by atoms with Crippen LogP contribution >= 0.6 is 11.6 Å². The number of amides is 1. The van der Waals surface area contributed by atoms with Gasteiger partial charge in [-0.15, -0.1) is 0 Å². The molecule has 0 atom stereocenters. The van der Waals surface area contributed by atoms with Crippen LogP contribution in [0.2, 0.25) is 5.02 Å². The highest BCUT2D eigenvalue weighted by atomic mass is 35.5. The summed E-state index contributed by atoms with van der Waals surface area (Å²) in [5.41, 5.74) is 1.98. The van der Waals surface area contributed by atoms with Crippen LogP contribution in [0.25, 0.3) is 11.0 Å². The first-order chi connectivity index (χ1) is 12.1. The number of hydrogen-bond donors (Lipinski definition) is 0. The molecular weight excluding hydrogens is 338 g/mol. The van der Waals surface area contributed by atoms with Crippen LogP contribution in [0.15, 0.2) is 18.2 Å². The third-order valence-electron chi connectivity index (χ3n) is 4.92. The highest BCUT2D eigenvalue weighted by Gasteiger charge is 2.22. The van der Waals surface area contributed by atoms with Gasteiger partial charge in [-0.25, -0.2) is 4.98 Å². The van der Waals surface area contributed by atoms with Gasteiger partial charge in [0.15, 0.2) is 0 Å². The summed E-state index contributed by atoms with van der Waals surface area (Å²) < 4.78 is 7.73. The van der Waals surface area contributed by atoms with E-state index in [1.807, 2.05) is 37.1 Å². The van der Waals surface area contributed by atoms with E-state index in [-0.39, 0.29) is 5.91 Å². The molecule has 1 aromatic carbocycles. The Hall–Kier alpha value is -1.59. The summed E-state index contributed by atoms with van der Waals surface area (Å²) in [5, 5.41) is 0.697. The molecule has 0 spiro atoms. The molecule has 0 bridgehead atoms. The van der Waals surface area contributed by atoms with E-state index in [4.69, 9.17) is 16.3 Å². The van der Waals surface area contributed by atoms with Crippen LogP contribution in [0.3, 0.4) is 0 Å². The van der Waals surface area contributed by atoms with Gasteiger partial charge < -0.3 is 14.2 Å². The van der Waals surface area contributed by atoms with E-state index >= 15 is 0 Å². The molecule has 0 aliphatic carbocycles. The second-order valence-corrected chi connectivity index (χ2v) is 7.05. The number of halogens is 1. The van der Waals surface area contributed by atoms with Crippen molar-refractivity contribution in [3.63, 3.8) is 0 Å². The third kappa shape index (κ3) is 4.33. The lowest BCUT2D eigenvalue weighted by Crippen LogP contribution is -2.40. The van der Waals surface area contributed by atoms with Gasteiger partial charge in [0, 0.05) is 44.6 Å². The number of benzene rings is 1. The molecule has 1 aromatic heterocycles. The van der Waals surface area contributed by atoms with Gasteiger partial charge in [0.25, 0.3) is 0 Å². The van der Waals surface area contributed by atoms with Crippen molar-refractivity contribution in [1.82, 2.24) is 14.5 Å². The zero-order valence-electron chi connectivity index (χ0n) is 15.0. The molecule has 1 aliphatic rings. The van der Waals surface area contributed by atoms with Gasteiger partial charge in [0.05, 0.1) is 17.1 Å². The summed E-state index contributed by atoms with van der Waals surface area (Å²) in [4.78, 5) is 19.0. The topological polar surface area (TPSA) is 47.4 Å². The summed E-state index contributed by atoms with van der Waals surface area (Å²) in [6.07, 6.45) is 4.40. The van der Waals surface area contributed by atoms with E-state index in [9.17, 15) is 4.79 Å². The number of rotatable bonds is 6. The van der Waals surface area contributed by atoms with Crippen LogP contribution in [-0.4, -0.2) is 46.2 Å². The lowest BCUT2D eigenvalue weighted by Gasteiger charge is -2.31. The summed E-state index contributed by atoms with van der Waals surface area (Å²) in [7, 11) is 2.01. The number of hydrogen-bond acceptors (Lipinski definition) is 3. The van der Waals surface area contributed by atoms with Gasteiger partial charge in [0.1, 0.15) is 5.82 Å². The van der Waals surface area contributed by atoms with E-state index in [0.29, 0.717) is 17.5 Å². The summed E-state index contributed by atoms with van der Waals surface area (Å²) >= 11 is 6.03. The van der Waals surface area contributed by atoms with Crippen molar-refractivity contribution in [3.8, 4) is 0 Å². The molecule has 5 nitrogen and oxygen atoms in total. The lowest BCUT2D eigenvalue weighted by molar-refractivity contribution is -0.133. The highest BCUT2D eigenvalue weighted by Crippen LogP contribution is 2.21. The molecule has 2 heterocycles. The van der Waals surface area contributed by atoms with E-state index in [1.54, 1.807) is 0 Å². The molecule has 1 fully saturated rings.